The fourth-order valence-corrected chi connectivity index (χ4v) is 2.99. The molecule has 0 saturated carbocycles. The maximum atomic E-state index is 5.14. The van der Waals surface area contributed by atoms with E-state index >= 15 is 0 Å². The van der Waals surface area contributed by atoms with Crippen molar-refractivity contribution in [1.82, 2.24) is 14.9 Å². The van der Waals surface area contributed by atoms with E-state index in [0.29, 0.717) is 11.8 Å². The SMILES string of the molecule is COc1cncc([C@H]2CN3CCCC2C3)n1. The lowest BCUT2D eigenvalue weighted by Gasteiger charge is -2.21. The van der Waals surface area contributed by atoms with E-state index in [9.17, 15) is 0 Å². The van der Waals surface area contributed by atoms with Gasteiger partial charge >= 0.3 is 0 Å². The lowest BCUT2D eigenvalue weighted by molar-refractivity contribution is 0.269. The van der Waals surface area contributed by atoms with E-state index in [0.717, 1.165) is 18.2 Å². The van der Waals surface area contributed by atoms with E-state index in [1.54, 1.807) is 13.3 Å². The predicted octanol–water partition coefficient (Wildman–Crippen LogP) is 1.29. The molecular formula is C12H17N3O. The summed E-state index contributed by atoms with van der Waals surface area (Å²) in [6, 6.07) is 0. The van der Waals surface area contributed by atoms with Crippen LogP contribution >= 0.6 is 0 Å². The number of rotatable bonds is 2. The highest BCUT2D eigenvalue weighted by Gasteiger charge is 2.37. The van der Waals surface area contributed by atoms with E-state index < -0.39 is 0 Å². The highest BCUT2D eigenvalue weighted by Crippen LogP contribution is 2.37. The van der Waals surface area contributed by atoms with Gasteiger partial charge in [-0.2, -0.15) is 0 Å². The number of nitrogens with zero attached hydrogens (tertiary/aromatic N) is 3. The molecule has 2 aliphatic heterocycles. The molecule has 0 amide bonds. The largest absolute Gasteiger partial charge is 0.480 e. The zero-order chi connectivity index (χ0) is 11.0. The summed E-state index contributed by atoms with van der Waals surface area (Å²) in [4.78, 5) is 11.3. The van der Waals surface area contributed by atoms with Crippen LogP contribution in [-0.4, -0.2) is 41.6 Å². The number of hydrogen-bond donors (Lipinski definition) is 0. The summed E-state index contributed by atoms with van der Waals surface area (Å²) < 4.78 is 5.14. The van der Waals surface area contributed by atoms with Crippen molar-refractivity contribution in [2.75, 3.05) is 26.7 Å². The van der Waals surface area contributed by atoms with Crippen molar-refractivity contribution in [3.05, 3.63) is 18.1 Å². The topological polar surface area (TPSA) is 38.2 Å². The van der Waals surface area contributed by atoms with Gasteiger partial charge in [0.25, 0.3) is 0 Å². The monoisotopic (exact) mass is 219 g/mol. The van der Waals surface area contributed by atoms with Gasteiger partial charge in [-0.25, -0.2) is 4.98 Å². The minimum absolute atomic E-state index is 0.560. The van der Waals surface area contributed by atoms with Gasteiger partial charge in [-0.1, -0.05) is 0 Å². The third kappa shape index (κ3) is 1.67. The van der Waals surface area contributed by atoms with Crippen LogP contribution in [0.5, 0.6) is 5.88 Å². The molecule has 0 aliphatic carbocycles. The Morgan fingerprint density at radius 2 is 2.31 bits per heavy atom. The van der Waals surface area contributed by atoms with Crippen LogP contribution < -0.4 is 4.74 Å². The minimum Gasteiger partial charge on any atom is -0.480 e. The number of methoxy groups -OCH3 is 1. The molecule has 2 unspecified atom stereocenters. The molecular weight excluding hydrogens is 202 g/mol. The molecule has 1 aromatic heterocycles. The molecule has 0 N–H and O–H groups in total. The smallest absolute Gasteiger partial charge is 0.232 e. The average Bonchev–Trinajstić information content (AvgIpc) is 2.64. The third-order valence-electron chi connectivity index (χ3n) is 3.79. The summed E-state index contributed by atoms with van der Waals surface area (Å²) in [6.45, 7) is 3.64. The zero-order valence-corrected chi connectivity index (χ0v) is 9.59. The Kier molecular flexibility index (Phi) is 2.52. The molecule has 2 fully saturated rings. The van der Waals surface area contributed by atoms with Gasteiger partial charge in [-0.15, -0.1) is 0 Å². The molecule has 2 saturated heterocycles. The maximum Gasteiger partial charge on any atom is 0.232 e. The summed E-state index contributed by atoms with van der Waals surface area (Å²) >= 11 is 0. The minimum atomic E-state index is 0.560. The zero-order valence-electron chi connectivity index (χ0n) is 9.59. The predicted molar refractivity (Wildman–Crippen MR) is 60.5 cm³/mol. The van der Waals surface area contributed by atoms with Crippen LogP contribution in [0.25, 0.3) is 0 Å². The first kappa shape index (κ1) is 10.0. The first-order valence-electron chi connectivity index (χ1n) is 5.95. The molecule has 4 heteroatoms. The molecule has 2 aliphatic rings. The summed E-state index contributed by atoms with van der Waals surface area (Å²) in [5, 5.41) is 0. The lowest BCUT2D eigenvalue weighted by atomic mass is 9.89. The Bertz CT molecular complexity index is 382. The van der Waals surface area contributed by atoms with Gasteiger partial charge in [0.15, 0.2) is 0 Å². The molecule has 3 heterocycles. The molecule has 2 bridgehead atoms. The van der Waals surface area contributed by atoms with Crippen molar-refractivity contribution in [3.63, 3.8) is 0 Å². The lowest BCUT2D eigenvalue weighted by Crippen LogP contribution is -2.25. The van der Waals surface area contributed by atoms with Crippen molar-refractivity contribution in [2.45, 2.75) is 18.8 Å². The van der Waals surface area contributed by atoms with Crippen LogP contribution in [0, 0.1) is 5.92 Å². The summed E-state index contributed by atoms with van der Waals surface area (Å²) in [6.07, 6.45) is 6.23. The standard InChI is InChI=1S/C12H17N3O/c1-16-12-6-13-5-11(14-12)10-8-15-4-2-3-9(10)7-15/h5-6,9-10H,2-4,7-8H2,1H3/t9?,10-/m0/s1. The fourth-order valence-electron chi connectivity index (χ4n) is 2.99. The Hall–Kier alpha value is -1.16. The van der Waals surface area contributed by atoms with Gasteiger partial charge in [0.2, 0.25) is 5.88 Å². The summed E-state index contributed by atoms with van der Waals surface area (Å²) in [5.41, 5.74) is 1.11. The molecule has 1 aromatic rings. The highest BCUT2D eigenvalue weighted by molar-refractivity contribution is 5.16. The number of aromatic nitrogens is 2. The first-order chi connectivity index (χ1) is 7.86. The van der Waals surface area contributed by atoms with Gasteiger partial charge in [0.05, 0.1) is 19.0 Å². The molecule has 0 aromatic carbocycles. The summed E-state index contributed by atoms with van der Waals surface area (Å²) in [7, 11) is 1.64. The molecule has 3 rings (SSSR count). The van der Waals surface area contributed by atoms with E-state index in [1.165, 1.54) is 25.9 Å². The van der Waals surface area contributed by atoms with Crippen LogP contribution in [-0.2, 0) is 0 Å². The molecule has 0 radical (unpaired) electrons. The first-order valence-corrected chi connectivity index (χ1v) is 5.95. The Morgan fingerprint density at radius 1 is 1.38 bits per heavy atom. The number of ether oxygens (including phenoxy) is 1. The Morgan fingerprint density at radius 3 is 3.12 bits per heavy atom. The van der Waals surface area contributed by atoms with Crippen LogP contribution in [0.3, 0.4) is 0 Å². The number of hydrogen-bond acceptors (Lipinski definition) is 4. The highest BCUT2D eigenvalue weighted by atomic mass is 16.5. The Balaban J connectivity index is 1.86. The van der Waals surface area contributed by atoms with Crippen LogP contribution in [0.2, 0.25) is 0 Å². The van der Waals surface area contributed by atoms with Crippen LogP contribution in [0.4, 0.5) is 0 Å². The average molecular weight is 219 g/mol. The van der Waals surface area contributed by atoms with Gasteiger partial charge < -0.3 is 9.64 Å². The second kappa shape index (κ2) is 4.01. The molecule has 0 spiro atoms. The maximum absolute atomic E-state index is 5.14. The van der Waals surface area contributed by atoms with Crippen molar-refractivity contribution < 1.29 is 4.74 Å². The molecule has 4 nitrogen and oxygen atoms in total. The van der Waals surface area contributed by atoms with Crippen LogP contribution in [0.1, 0.15) is 24.5 Å². The molecule has 86 valence electrons. The van der Waals surface area contributed by atoms with Gasteiger partial charge in [0, 0.05) is 25.2 Å². The van der Waals surface area contributed by atoms with Gasteiger partial charge in [-0.05, 0) is 25.3 Å². The number of piperidine rings is 1. The van der Waals surface area contributed by atoms with Crippen molar-refractivity contribution in [3.8, 4) is 5.88 Å². The second-order valence-electron chi connectivity index (χ2n) is 4.75. The van der Waals surface area contributed by atoms with Crippen molar-refractivity contribution >= 4 is 0 Å². The van der Waals surface area contributed by atoms with Crippen molar-refractivity contribution in [1.29, 1.82) is 0 Å². The molecule has 16 heavy (non-hydrogen) atoms. The van der Waals surface area contributed by atoms with E-state index in [4.69, 9.17) is 4.74 Å². The molecule has 3 atom stereocenters. The summed E-state index contributed by atoms with van der Waals surface area (Å²) in [5.74, 6) is 1.97. The van der Waals surface area contributed by atoms with E-state index in [2.05, 4.69) is 14.9 Å². The fraction of sp³-hybridized carbons (Fsp3) is 0.667. The Labute approximate surface area is 95.7 Å². The second-order valence-corrected chi connectivity index (χ2v) is 4.75. The van der Waals surface area contributed by atoms with E-state index in [1.807, 2.05) is 6.20 Å². The number of fused-ring (bicyclic) bond motifs is 2. The normalized spacial score (nSPS) is 32.7. The third-order valence-corrected chi connectivity index (χ3v) is 3.79. The van der Waals surface area contributed by atoms with Crippen LogP contribution in [0.15, 0.2) is 12.4 Å². The van der Waals surface area contributed by atoms with Crippen molar-refractivity contribution in [2.24, 2.45) is 5.92 Å². The van der Waals surface area contributed by atoms with Gasteiger partial charge in [0.1, 0.15) is 0 Å². The van der Waals surface area contributed by atoms with Gasteiger partial charge in [-0.3, -0.25) is 4.98 Å². The quantitative estimate of drug-likeness (QED) is 0.751. The van der Waals surface area contributed by atoms with E-state index in [-0.39, 0.29) is 0 Å².